The third-order valence-corrected chi connectivity index (χ3v) is 5.93. The summed E-state index contributed by atoms with van der Waals surface area (Å²) in [4.78, 5) is 25.3. The Morgan fingerprint density at radius 2 is 1.67 bits per heavy atom. The quantitative estimate of drug-likeness (QED) is 0.580. The first-order chi connectivity index (χ1) is 14.6. The standard InChI is InChI=1S/C22H36N6O2/c1-4-30-22(29)28-16-14-27(15-17-28)21(23-3)24-18-19(2)25-10-12-26(13-11-25)20-8-6-5-7-9-20/h5-9,19H,4,10-18H2,1-3H3,(H,23,24). The van der Waals surface area contributed by atoms with Crippen molar-refractivity contribution >= 4 is 17.7 Å². The van der Waals surface area contributed by atoms with Crippen molar-refractivity contribution in [3.63, 3.8) is 0 Å². The van der Waals surface area contributed by atoms with E-state index < -0.39 is 0 Å². The topological polar surface area (TPSA) is 63.7 Å². The molecule has 8 nitrogen and oxygen atoms in total. The number of nitrogens with zero attached hydrogens (tertiary/aromatic N) is 5. The molecule has 2 aliphatic heterocycles. The molecule has 8 heteroatoms. The van der Waals surface area contributed by atoms with E-state index in [0.717, 1.165) is 51.8 Å². The highest BCUT2D eigenvalue weighted by molar-refractivity contribution is 5.80. The van der Waals surface area contributed by atoms with Crippen LogP contribution in [0.4, 0.5) is 10.5 Å². The van der Waals surface area contributed by atoms with Gasteiger partial charge in [0.15, 0.2) is 5.96 Å². The third kappa shape index (κ3) is 5.78. The highest BCUT2D eigenvalue weighted by Gasteiger charge is 2.25. The monoisotopic (exact) mass is 416 g/mol. The number of aliphatic imine (C=N–C) groups is 1. The summed E-state index contributed by atoms with van der Waals surface area (Å²) in [6.45, 7) is 12.5. The largest absolute Gasteiger partial charge is 0.450 e. The van der Waals surface area contributed by atoms with Gasteiger partial charge in [0.25, 0.3) is 0 Å². The molecule has 1 aromatic rings. The summed E-state index contributed by atoms with van der Waals surface area (Å²) in [6.07, 6.45) is -0.219. The number of para-hydroxylation sites is 1. The summed E-state index contributed by atoms with van der Waals surface area (Å²) in [7, 11) is 1.82. The Labute approximate surface area is 180 Å². The van der Waals surface area contributed by atoms with Gasteiger partial charge in [0.1, 0.15) is 0 Å². The number of ether oxygens (including phenoxy) is 1. The van der Waals surface area contributed by atoms with Crippen LogP contribution >= 0.6 is 0 Å². The van der Waals surface area contributed by atoms with Crippen LogP contribution in [0.2, 0.25) is 0 Å². The van der Waals surface area contributed by atoms with E-state index in [2.05, 4.69) is 62.3 Å². The molecule has 0 bridgehead atoms. The molecule has 1 atom stereocenters. The molecule has 2 aliphatic rings. The summed E-state index contributed by atoms with van der Waals surface area (Å²) in [5.74, 6) is 0.910. The minimum Gasteiger partial charge on any atom is -0.450 e. The maximum absolute atomic E-state index is 11.9. The van der Waals surface area contributed by atoms with Gasteiger partial charge in [0.05, 0.1) is 6.61 Å². The second-order valence-corrected chi connectivity index (χ2v) is 7.81. The van der Waals surface area contributed by atoms with Crippen LogP contribution in [0.25, 0.3) is 0 Å². The number of nitrogens with one attached hydrogen (secondary N) is 1. The zero-order valence-electron chi connectivity index (χ0n) is 18.6. The van der Waals surface area contributed by atoms with Crippen LogP contribution in [-0.4, -0.2) is 105 Å². The number of carbonyl (C=O) groups excluding carboxylic acids is 1. The lowest BCUT2D eigenvalue weighted by Crippen LogP contribution is -2.56. The van der Waals surface area contributed by atoms with Crippen LogP contribution < -0.4 is 10.2 Å². The first kappa shape index (κ1) is 22.2. The number of hydrogen-bond donors (Lipinski definition) is 1. The van der Waals surface area contributed by atoms with Gasteiger partial charge in [-0.05, 0) is 26.0 Å². The van der Waals surface area contributed by atoms with E-state index in [0.29, 0.717) is 25.7 Å². The molecule has 166 valence electrons. The molecule has 0 spiro atoms. The van der Waals surface area contributed by atoms with E-state index in [4.69, 9.17) is 4.74 Å². The number of carbonyl (C=O) groups is 1. The average Bonchev–Trinajstić information content (AvgIpc) is 2.80. The first-order valence-corrected chi connectivity index (χ1v) is 11.0. The third-order valence-electron chi connectivity index (χ3n) is 5.93. The van der Waals surface area contributed by atoms with Crippen LogP contribution in [0.3, 0.4) is 0 Å². The highest BCUT2D eigenvalue weighted by atomic mass is 16.6. The lowest BCUT2D eigenvalue weighted by Gasteiger charge is -2.40. The Morgan fingerprint density at radius 3 is 2.27 bits per heavy atom. The Bertz CT molecular complexity index is 682. The van der Waals surface area contributed by atoms with E-state index in [1.54, 1.807) is 4.90 Å². The molecule has 30 heavy (non-hydrogen) atoms. The maximum Gasteiger partial charge on any atom is 0.409 e. The Morgan fingerprint density at radius 1 is 1.03 bits per heavy atom. The van der Waals surface area contributed by atoms with Crippen molar-refractivity contribution in [3.05, 3.63) is 30.3 Å². The lowest BCUT2D eigenvalue weighted by atomic mass is 10.2. The van der Waals surface area contributed by atoms with Crippen LogP contribution in [0.5, 0.6) is 0 Å². The molecule has 2 fully saturated rings. The van der Waals surface area contributed by atoms with Crippen molar-refractivity contribution in [3.8, 4) is 0 Å². The molecule has 2 heterocycles. The van der Waals surface area contributed by atoms with Crippen LogP contribution in [0.1, 0.15) is 13.8 Å². The summed E-state index contributed by atoms with van der Waals surface area (Å²) < 4.78 is 5.10. The van der Waals surface area contributed by atoms with E-state index in [1.807, 2.05) is 14.0 Å². The van der Waals surface area contributed by atoms with Gasteiger partial charge in [-0.25, -0.2) is 4.79 Å². The molecule has 2 saturated heterocycles. The van der Waals surface area contributed by atoms with Crippen molar-refractivity contribution in [1.29, 1.82) is 0 Å². The van der Waals surface area contributed by atoms with E-state index in [1.165, 1.54) is 5.69 Å². The molecule has 1 N–H and O–H groups in total. The second kappa shape index (κ2) is 11.1. The smallest absolute Gasteiger partial charge is 0.409 e. The van der Waals surface area contributed by atoms with Crippen LogP contribution in [0.15, 0.2) is 35.3 Å². The molecule has 1 aromatic carbocycles. The Balaban J connectivity index is 1.41. The fraction of sp³-hybridized carbons (Fsp3) is 0.636. The fourth-order valence-corrected chi connectivity index (χ4v) is 4.08. The molecular formula is C22H36N6O2. The van der Waals surface area contributed by atoms with Crippen molar-refractivity contribution in [2.45, 2.75) is 19.9 Å². The maximum atomic E-state index is 11.9. The van der Waals surface area contributed by atoms with Gasteiger partial charge in [0, 0.05) is 77.7 Å². The number of anilines is 1. The zero-order chi connectivity index (χ0) is 21.3. The van der Waals surface area contributed by atoms with Gasteiger partial charge in [-0.15, -0.1) is 0 Å². The first-order valence-electron chi connectivity index (χ1n) is 11.0. The SMILES string of the molecule is CCOC(=O)N1CCN(C(=NC)NCC(C)N2CCN(c3ccccc3)CC2)CC1. The summed E-state index contributed by atoms with van der Waals surface area (Å²) in [6, 6.07) is 11.1. The number of guanidine groups is 1. The van der Waals surface area contributed by atoms with Crippen LogP contribution in [0, 0.1) is 0 Å². The van der Waals surface area contributed by atoms with E-state index in [-0.39, 0.29) is 6.09 Å². The van der Waals surface area contributed by atoms with Gasteiger partial charge >= 0.3 is 6.09 Å². The Hall–Kier alpha value is -2.48. The molecule has 0 radical (unpaired) electrons. The molecule has 0 aromatic heterocycles. The average molecular weight is 417 g/mol. The minimum absolute atomic E-state index is 0.219. The molecule has 1 amide bonds. The highest BCUT2D eigenvalue weighted by Crippen LogP contribution is 2.16. The minimum atomic E-state index is -0.219. The molecular weight excluding hydrogens is 380 g/mol. The van der Waals surface area contributed by atoms with Gasteiger partial charge in [-0.2, -0.15) is 0 Å². The molecule has 3 rings (SSSR count). The number of rotatable bonds is 5. The molecule has 1 unspecified atom stereocenters. The molecule has 0 aliphatic carbocycles. The number of amides is 1. The number of benzene rings is 1. The van der Waals surface area contributed by atoms with Crippen LogP contribution in [-0.2, 0) is 4.74 Å². The summed E-state index contributed by atoms with van der Waals surface area (Å²) in [5, 5.41) is 3.53. The van der Waals surface area contributed by atoms with Crippen molar-refractivity contribution in [2.24, 2.45) is 4.99 Å². The van der Waals surface area contributed by atoms with Gasteiger partial charge in [-0.3, -0.25) is 9.89 Å². The summed E-state index contributed by atoms with van der Waals surface area (Å²) >= 11 is 0. The number of hydrogen-bond acceptors (Lipinski definition) is 5. The van der Waals surface area contributed by atoms with Crippen molar-refractivity contribution in [2.75, 3.05) is 77.5 Å². The van der Waals surface area contributed by atoms with Crippen molar-refractivity contribution < 1.29 is 9.53 Å². The molecule has 0 saturated carbocycles. The summed E-state index contributed by atoms with van der Waals surface area (Å²) in [5.41, 5.74) is 1.31. The van der Waals surface area contributed by atoms with Gasteiger partial charge in [0.2, 0.25) is 0 Å². The lowest BCUT2D eigenvalue weighted by molar-refractivity contribution is 0.0913. The fourth-order valence-electron chi connectivity index (χ4n) is 4.08. The zero-order valence-corrected chi connectivity index (χ0v) is 18.6. The van der Waals surface area contributed by atoms with E-state index in [9.17, 15) is 4.79 Å². The second-order valence-electron chi connectivity index (χ2n) is 7.81. The predicted molar refractivity (Wildman–Crippen MR) is 121 cm³/mol. The van der Waals surface area contributed by atoms with E-state index >= 15 is 0 Å². The predicted octanol–water partition coefficient (Wildman–Crippen LogP) is 1.55. The van der Waals surface area contributed by atoms with Gasteiger partial charge in [-0.1, -0.05) is 18.2 Å². The number of piperazine rings is 2. The Kier molecular flexibility index (Phi) is 8.19. The van der Waals surface area contributed by atoms with Gasteiger partial charge < -0.3 is 24.8 Å². The van der Waals surface area contributed by atoms with Crippen molar-refractivity contribution in [1.82, 2.24) is 20.0 Å². The normalized spacial score (nSPS) is 19.6.